The maximum absolute atomic E-state index is 12.0. The van der Waals surface area contributed by atoms with Gasteiger partial charge in [-0.15, -0.1) is 0 Å². The Morgan fingerprint density at radius 1 is 1.15 bits per heavy atom. The molecule has 2 aromatic heterocycles. The third-order valence-corrected chi connectivity index (χ3v) is 4.04. The Morgan fingerprint density at radius 2 is 1.96 bits per heavy atom. The van der Waals surface area contributed by atoms with Gasteiger partial charge in [0.1, 0.15) is 5.82 Å². The summed E-state index contributed by atoms with van der Waals surface area (Å²) in [5.41, 5.74) is 3.82. The molecule has 1 aromatic carbocycles. The third-order valence-electron chi connectivity index (χ3n) is 4.04. The van der Waals surface area contributed by atoms with Crippen LogP contribution in [0.5, 0.6) is 0 Å². The first-order valence-corrected chi connectivity index (χ1v) is 8.72. The van der Waals surface area contributed by atoms with Crippen LogP contribution in [-0.2, 0) is 4.79 Å². The normalized spacial score (nSPS) is 10.9. The summed E-state index contributed by atoms with van der Waals surface area (Å²) < 4.78 is 1.89. The summed E-state index contributed by atoms with van der Waals surface area (Å²) in [6.45, 7) is 4.99. The van der Waals surface area contributed by atoms with Crippen LogP contribution in [0.4, 0.5) is 5.82 Å². The van der Waals surface area contributed by atoms with Gasteiger partial charge >= 0.3 is 0 Å². The van der Waals surface area contributed by atoms with Crippen molar-refractivity contribution in [3.05, 3.63) is 71.9 Å². The molecule has 0 bridgehead atoms. The highest BCUT2D eigenvalue weighted by molar-refractivity contribution is 5.92. The maximum Gasteiger partial charge on any atom is 0.244 e. The minimum absolute atomic E-state index is 0.151. The standard InChI is InChI=1S/C20H22N6O/c1-15-18(16(2)26(25-15)17-6-4-3-5-7-17)8-9-20(27)24-13-12-23-19-14-21-10-11-22-19/h3-11,14H,12-13H2,1-2H3,(H,22,23)(H,24,27)/b9-8+. The van der Waals surface area contributed by atoms with Crippen LogP contribution in [0, 0.1) is 13.8 Å². The number of anilines is 1. The molecular weight excluding hydrogens is 340 g/mol. The number of nitrogens with one attached hydrogen (secondary N) is 2. The average molecular weight is 362 g/mol. The molecular formula is C20H22N6O. The van der Waals surface area contributed by atoms with Gasteiger partial charge in [0, 0.05) is 42.8 Å². The lowest BCUT2D eigenvalue weighted by atomic mass is 10.2. The van der Waals surface area contributed by atoms with E-state index in [9.17, 15) is 4.79 Å². The van der Waals surface area contributed by atoms with Crippen molar-refractivity contribution in [2.24, 2.45) is 0 Å². The smallest absolute Gasteiger partial charge is 0.244 e. The van der Waals surface area contributed by atoms with E-state index >= 15 is 0 Å². The zero-order valence-electron chi connectivity index (χ0n) is 15.4. The number of para-hydroxylation sites is 1. The van der Waals surface area contributed by atoms with Gasteiger partial charge in [-0.3, -0.25) is 9.78 Å². The largest absolute Gasteiger partial charge is 0.367 e. The monoisotopic (exact) mass is 362 g/mol. The predicted molar refractivity (Wildman–Crippen MR) is 106 cm³/mol. The molecule has 27 heavy (non-hydrogen) atoms. The number of aromatic nitrogens is 4. The van der Waals surface area contributed by atoms with Crippen LogP contribution in [0.25, 0.3) is 11.8 Å². The molecule has 0 unspecified atom stereocenters. The van der Waals surface area contributed by atoms with Gasteiger partial charge in [0.25, 0.3) is 0 Å². The summed E-state index contributed by atoms with van der Waals surface area (Å²) in [4.78, 5) is 20.1. The third kappa shape index (κ3) is 4.78. The van der Waals surface area contributed by atoms with E-state index in [1.807, 2.05) is 54.9 Å². The van der Waals surface area contributed by atoms with Gasteiger partial charge in [0.2, 0.25) is 5.91 Å². The fourth-order valence-electron chi connectivity index (χ4n) is 2.70. The molecule has 3 aromatic rings. The maximum atomic E-state index is 12.0. The second-order valence-electron chi connectivity index (χ2n) is 5.97. The van der Waals surface area contributed by atoms with Gasteiger partial charge in [-0.05, 0) is 32.1 Å². The fourth-order valence-corrected chi connectivity index (χ4v) is 2.70. The Kier molecular flexibility index (Phi) is 5.94. The Bertz CT molecular complexity index is 918. The first-order valence-electron chi connectivity index (χ1n) is 8.72. The van der Waals surface area contributed by atoms with Crippen LogP contribution in [0.2, 0.25) is 0 Å². The summed E-state index contributed by atoms with van der Waals surface area (Å²) in [6.07, 6.45) is 8.21. The molecule has 0 atom stereocenters. The SMILES string of the molecule is Cc1nn(-c2ccccc2)c(C)c1/C=C/C(=O)NCCNc1cnccn1. The lowest BCUT2D eigenvalue weighted by Crippen LogP contribution is -2.27. The molecule has 0 fully saturated rings. The number of hydrogen-bond donors (Lipinski definition) is 2. The number of carbonyl (C=O) groups excluding carboxylic acids is 1. The molecule has 2 N–H and O–H groups in total. The Labute approximate surface area is 158 Å². The summed E-state index contributed by atoms with van der Waals surface area (Å²) in [5, 5.41) is 10.5. The molecule has 7 heteroatoms. The van der Waals surface area contributed by atoms with Crippen LogP contribution in [-0.4, -0.2) is 38.7 Å². The van der Waals surface area contributed by atoms with E-state index in [0.29, 0.717) is 18.9 Å². The van der Waals surface area contributed by atoms with E-state index in [4.69, 9.17) is 0 Å². The number of benzene rings is 1. The Morgan fingerprint density at radius 3 is 2.70 bits per heavy atom. The van der Waals surface area contributed by atoms with Gasteiger partial charge in [0.05, 0.1) is 17.6 Å². The van der Waals surface area contributed by atoms with Gasteiger partial charge in [-0.2, -0.15) is 5.10 Å². The first kappa shape index (κ1) is 18.3. The highest BCUT2D eigenvalue weighted by atomic mass is 16.1. The number of rotatable bonds is 7. The molecule has 2 heterocycles. The van der Waals surface area contributed by atoms with Crippen LogP contribution >= 0.6 is 0 Å². The molecule has 138 valence electrons. The van der Waals surface area contributed by atoms with Crippen molar-refractivity contribution < 1.29 is 4.79 Å². The number of carbonyl (C=O) groups is 1. The highest BCUT2D eigenvalue weighted by Crippen LogP contribution is 2.18. The van der Waals surface area contributed by atoms with Crippen molar-refractivity contribution in [3.63, 3.8) is 0 Å². The highest BCUT2D eigenvalue weighted by Gasteiger charge is 2.10. The number of nitrogens with zero attached hydrogens (tertiary/aromatic N) is 4. The van der Waals surface area contributed by atoms with E-state index in [1.165, 1.54) is 6.08 Å². The van der Waals surface area contributed by atoms with Crippen molar-refractivity contribution >= 4 is 17.8 Å². The molecule has 0 aliphatic heterocycles. The summed E-state index contributed by atoms with van der Waals surface area (Å²) >= 11 is 0. The van der Waals surface area contributed by atoms with Crippen LogP contribution in [0.15, 0.2) is 55.0 Å². The number of hydrogen-bond acceptors (Lipinski definition) is 5. The van der Waals surface area contributed by atoms with Crippen molar-refractivity contribution in [2.75, 3.05) is 18.4 Å². The zero-order chi connectivity index (χ0) is 19.1. The minimum atomic E-state index is -0.151. The summed E-state index contributed by atoms with van der Waals surface area (Å²) in [6, 6.07) is 9.93. The van der Waals surface area contributed by atoms with Gasteiger partial charge in [-0.25, -0.2) is 9.67 Å². The van der Waals surface area contributed by atoms with E-state index in [2.05, 4.69) is 25.7 Å². The van der Waals surface area contributed by atoms with Crippen LogP contribution in [0.3, 0.4) is 0 Å². The van der Waals surface area contributed by atoms with Crippen molar-refractivity contribution in [3.8, 4) is 5.69 Å². The molecule has 0 spiro atoms. The molecule has 0 aliphatic carbocycles. The van der Waals surface area contributed by atoms with Crippen molar-refractivity contribution in [1.82, 2.24) is 25.1 Å². The van der Waals surface area contributed by atoms with Crippen LogP contribution in [0.1, 0.15) is 17.0 Å². The second-order valence-corrected chi connectivity index (χ2v) is 5.97. The van der Waals surface area contributed by atoms with Crippen molar-refractivity contribution in [1.29, 1.82) is 0 Å². The predicted octanol–water partition coefficient (Wildman–Crippen LogP) is 2.52. The first-order chi connectivity index (χ1) is 13.1. The van der Waals surface area contributed by atoms with Gasteiger partial charge < -0.3 is 10.6 Å². The van der Waals surface area contributed by atoms with Crippen LogP contribution < -0.4 is 10.6 Å². The second kappa shape index (κ2) is 8.75. The number of amides is 1. The average Bonchev–Trinajstić information content (AvgIpc) is 2.99. The molecule has 3 rings (SSSR count). The Hall–Kier alpha value is -3.48. The fraction of sp³-hybridized carbons (Fsp3) is 0.200. The topological polar surface area (TPSA) is 84.7 Å². The molecule has 0 saturated carbocycles. The van der Waals surface area contributed by atoms with Crippen molar-refractivity contribution in [2.45, 2.75) is 13.8 Å². The molecule has 1 amide bonds. The summed E-state index contributed by atoms with van der Waals surface area (Å²) in [5.74, 6) is 0.532. The van der Waals surface area contributed by atoms with E-state index in [1.54, 1.807) is 18.6 Å². The van der Waals surface area contributed by atoms with E-state index < -0.39 is 0 Å². The van der Waals surface area contributed by atoms with E-state index in [0.717, 1.165) is 22.6 Å². The molecule has 0 aliphatic rings. The molecule has 0 saturated heterocycles. The lowest BCUT2D eigenvalue weighted by Gasteiger charge is -2.05. The molecule has 7 nitrogen and oxygen atoms in total. The zero-order valence-corrected chi connectivity index (χ0v) is 15.4. The Balaban J connectivity index is 1.56. The lowest BCUT2D eigenvalue weighted by molar-refractivity contribution is -0.116. The number of aryl methyl sites for hydroxylation is 1. The quantitative estimate of drug-likeness (QED) is 0.498. The van der Waals surface area contributed by atoms with E-state index in [-0.39, 0.29) is 5.91 Å². The molecule has 0 radical (unpaired) electrons. The van der Waals surface area contributed by atoms with Gasteiger partial charge in [-0.1, -0.05) is 18.2 Å². The van der Waals surface area contributed by atoms with Gasteiger partial charge in [0.15, 0.2) is 0 Å². The minimum Gasteiger partial charge on any atom is -0.367 e. The summed E-state index contributed by atoms with van der Waals surface area (Å²) in [7, 11) is 0.